The average Bonchev–Trinajstić information content (AvgIpc) is 2.62. The second-order valence-corrected chi connectivity index (χ2v) is 7.46. The molecule has 1 aliphatic rings. The number of barbiturate groups is 1. The maximum Gasteiger partial charge on any atom is 0.335 e. The third-order valence-corrected chi connectivity index (χ3v) is 4.71. The first-order chi connectivity index (χ1) is 13.3. The highest BCUT2D eigenvalue weighted by molar-refractivity contribution is 9.10. The van der Waals surface area contributed by atoms with E-state index in [2.05, 4.69) is 21.2 Å². The van der Waals surface area contributed by atoms with Gasteiger partial charge >= 0.3 is 6.03 Å². The first-order valence-electron chi connectivity index (χ1n) is 8.71. The number of urea groups is 1. The normalized spacial score (nSPS) is 16.0. The molecule has 1 fully saturated rings. The summed E-state index contributed by atoms with van der Waals surface area (Å²) in [6.45, 7) is 5.63. The molecule has 0 bridgehead atoms. The Balaban J connectivity index is 1.98. The van der Waals surface area contributed by atoms with Crippen molar-refractivity contribution in [2.75, 3.05) is 4.90 Å². The van der Waals surface area contributed by atoms with E-state index in [1.807, 2.05) is 19.9 Å². The van der Waals surface area contributed by atoms with Crippen LogP contribution in [-0.2, 0) is 9.59 Å². The van der Waals surface area contributed by atoms with Gasteiger partial charge in [0.1, 0.15) is 11.3 Å². The van der Waals surface area contributed by atoms with Gasteiger partial charge in [0.2, 0.25) is 0 Å². The summed E-state index contributed by atoms with van der Waals surface area (Å²) >= 11 is 3.43. The van der Waals surface area contributed by atoms with Gasteiger partial charge in [-0.1, -0.05) is 24.3 Å². The zero-order valence-corrected chi connectivity index (χ0v) is 17.2. The van der Waals surface area contributed by atoms with Gasteiger partial charge in [0, 0.05) is 0 Å². The molecular weight excluding hydrogens is 424 g/mol. The molecule has 144 valence electrons. The van der Waals surface area contributed by atoms with Crippen molar-refractivity contribution in [3.05, 3.63) is 63.6 Å². The molecule has 0 radical (unpaired) electrons. The fourth-order valence-corrected chi connectivity index (χ4v) is 3.30. The minimum atomic E-state index is -0.761. The molecule has 1 saturated heterocycles. The number of halogens is 1. The number of ether oxygens (including phenoxy) is 1. The van der Waals surface area contributed by atoms with Crippen molar-refractivity contribution in [3.63, 3.8) is 0 Å². The molecule has 2 aromatic carbocycles. The van der Waals surface area contributed by atoms with E-state index in [4.69, 9.17) is 4.74 Å². The molecular formula is C21H19BrN2O4. The van der Waals surface area contributed by atoms with E-state index in [1.54, 1.807) is 43.3 Å². The first kappa shape index (κ1) is 19.8. The summed E-state index contributed by atoms with van der Waals surface area (Å²) in [5.74, 6) is -0.728. The van der Waals surface area contributed by atoms with Crippen LogP contribution in [0.3, 0.4) is 0 Å². The summed E-state index contributed by atoms with van der Waals surface area (Å²) in [5.41, 5.74) is 1.69. The molecule has 0 aromatic heterocycles. The summed E-state index contributed by atoms with van der Waals surface area (Å²) in [6, 6.07) is 11.5. The lowest BCUT2D eigenvalue weighted by atomic mass is 10.1. The van der Waals surface area contributed by atoms with E-state index < -0.39 is 17.8 Å². The molecule has 0 saturated carbocycles. The highest BCUT2D eigenvalue weighted by Gasteiger charge is 2.37. The second kappa shape index (κ2) is 7.98. The van der Waals surface area contributed by atoms with Crippen LogP contribution in [0, 0.1) is 6.92 Å². The molecule has 0 spiro atoms. The molecule has 3 rings (SSSR count). The Kier molecular flexibility index (Phi) is 5.65. The summed E-state index contributed by atoms with van der Waals surface area (Å²) in [5, 5.41) is 2.23. The Hall–Kier alpha value is -2.93. The van der Waals surface area contributed by atoms with E-state index >= 15 is 0 Å². The maximum atomic E-state index is 12.9. The minimum absolute atomic E-state index is 0.0138. The topological polar surface area (TPSA) is 75.7 Å². The van der Waals surface area contributed by atoms with Crippen LogP contribution in [0.5, 0.6) is 5.75 Å². The molecule has 1 aliphatic heterocycles. The molecule has 6 nitrogen and oxygen atoms in total. The lowest BCUT2D eigenvalue weighted by molar-refractivity contribution is -0.122. The SMILES string of the molecule is Cc1ccccc1N1C(=O)NC(=O)/C(=C\c2ccc(OC(C)C)c(Br)c2)C1=O. The van der Waals surface area contributed by atoms with Crippen LogP contribution < -0.4 is 15.0 Å². The quantitative estimate of drug-likeness (QED) is 0.568. The van der Waals surface area contributed by atoms with Crippen molar-refractivity contribution in [3.8, 4) is 5.75 Å². The van der Waals surface area contributed by atoms with Gasteiger partial charge in [-0.25, -0.2) is 9.69 Å². The van der Waals surface area contributed by atoms with Gasteiger partial charge in [-0.15, -0.1) is 0 Å². The molecule has 4 amide bonds. The van der Waals surface area contributed by atoms with Gasteiger partial charge in [-0.2, -0.15) is 0 Å². The number of rotatable bonds is 4. The van der Waals surface area contributed by atoms with Crippen LogP contribution in [0.1, 0.15) is 25.0 Å². The van der Waals surface area contributed by atoms with E-state index in [0.717, 1.165) is 10.5 Å². The molecule has 7 heteroatoms. The van der Waals surface area contributed by atoms with Gasteiger partial charge in [0.15, 0.2) is 0 Å². The van der Waals surface area contributed by atoms with Crippen LogP contribution >= 0.6 is 15.9 Å². The van der Waals surface area contributed by atoms with Crippen molar-refractivity contribution in [1.82, 2.24) is 5.32 Å². The van der Waals surface area contributed by atoms with Crippen molar-refractivity contribution in [2.24, 2.45) is 0 Å². The zero-order valence-electron chi connectivity index (χ0n) is 15.7. The molecule has 0 atom stereocenters. The van der Waals surface area contributed by atoms with Gasteiger partial charge in [-0.05, 0) is 72.1 Å². The van der Waals surface area contributed by atoms with Crippen LogP contribution in [0.2, 0.25) is 0 Å². The predicted octanol–water partition coefficient (Wildman–Crippen LogP) is 4.21. The number of benzene rings is 2. The van der Waals surface area contributed by atoms with E-state index in [-0.39, 0.29) is 11.7 Å². The standard InChI is InChI=1S/C21H19BrN2O4/c1-12(2)28-18-9-8-14(11-16(18)22)10-15-19(25)23-21(27)24(20(15)26)17-7-5-4-6-13(17)3/h4-12H,1-3H3,(H,23,25,27)/b15-10+. The van der Waals surface area contributed by atoms with Crippen LogP contribution in [0.25, 0.3) is 6.08 Å². The molecule has 1 N–H and O–H groups in total. The third-order valence-electron chi connectivity index (χ3n) is 4.09. The number of nitrogens with zero attached hydrogens (tertiary/aromatic N) is 1. The Labute approximate surface area is 171 Å². The van der Waals surface area contributed by atoms with Crippen LogP contribution in [-0.4, -0.2) is 23.9 Å². The Bertz CT molecular complexity index is 998. The van der Waals surface area contributed by atoms with E-state index in [0.29, 0.717) is 21.5 Å². The van der Waals surface area contributed by atoms with Gasteiger partial charge in [0.05, 0.1) is 16.3 Å². The number of hydrogen-bond acceptors (Lipinski definition) is 4. The van der Waals surface area contributed by atoms with Crippen molar-refractivity contribution < 1.29 is 19.1 Å². The Morgan fingerprint density at radius 3 is 2.46 bits per heavy atom. The molecule has 2 aromatic rings. The monoisotopic (exact) mass is 442 g/mol. The van der Waals surface area contributed by atoms with Crippen molar-refractivity contribution in [2.45, 2.75) is 26.9 Å². The number of carbonyl (C=O) groups excluding carboxylic acids is 3. The predicted molar refractivity (Wildman–Crippen MR) is 110 cm³/mol. The maximum absolute atomic E-state index is 12.9. The second-order valence-electron chi connectivity index (χ2n) is 6.60. The number of anilines is 1. The summed E-state index contributed by atoms with van der Waals surface area (Å²) in [7, 11) is 0. The average molecular weight is 443 g/mol. The summed E-state index contributed by atoms with van der Waals surface area (Å²) in [6.07, 6.45) is 1.47. The molecule has 28 heavy (non-hydrogen) atoms. The third kappa shape index (κ3) is 3.99. The van der Waals surface area contributed by atoms with Crippen molar-refractivity contribution in [1.29, 1.82) is 0 Å². The lowest BCUT2D eigenvalue weighted by Gasteiger charge is -2.27. The van der Waals surface area contributed by atoms with E-state index in [9.17, 15) is 14.4 Å². The first-order valence-corrected chi connectivity index (χ1v) is 9.50. The number of amides is 4. The number of para-hydroxylation sites is 1. The smallest absolute Gasteiger partial charge is 0.335 e. The molecule has 0 aliphatic carbocycles. The number of hydrogen-bond donors (Lipinski definition) is 1. The molecule has 1 heterocycles. The highest BCUT2D eigenvalue weighted by atomic mass is 79.9. The van der Waals surface area contributed by atoms with Gasteiger partial charge < -0.3 is 4.74 Å². The van der Waals surface area contributed by atoms with E-state index in [1.165, 1.54) is 6.08 Å². The van der Waals surface area contributed by atoms with Gasteiger partial charge in [0.25, 0.3) is 11.8 Å². The number of carbonyl (C=O) groups is 3. The summed E-state index contributed by atoms with van der Waals surface area (Å²) in [4.78, 5) is 38.5. The fourth-order valence-electron chi connectivity index (χ4n) is 2.81. The summed E-state index contributed by atoms with van der Waals surface area (Å²) < 4.78 is 6.37. The minimum Gasteiger partial charge on any atom is -0.490 e. The Morgan fingerprint density at radius 2 is 1.82 bits per heavy atom. The van der Waals surface area contributed by atoms with Crippen molar-refractivity contribution >= 4 is 45.5 Å². The lowest BCUT2D eigenvalue weighted by Crippen LogP contribution is -2.54. The number of nitrogens with one attached hydrogen (secondary N) is 1. The van der Waals surface area contributed by atoms with Crippen LogP contribution in [0.4, 0.5) is 10.5 Å². The Morgan fingerprint density at radius 1 is 1.11 bits per heavy atom. The fraction of sp³-hybridized carbons (Fsp3) is 0.190. The van der Waals surface area contributed by atoms with Crippen LogP contribution in [0.15, 0.2) is 52.5 Å². The zero-order chi connectivity index (χ0) is 20.4. The highest BCUT2D eigenvalue weighted by Crippen LogP contribution is 2.29. The number of aryl methyl sites for hydroxylation is 1. The van der Waals surface area contributed by atoms with Gasteiger partial charge in [-0.3, -0.25) is 14.9 Å². The largest absolute Gasteiger partial charge is 0.490 e. The molecule has 0 unspecified atom stereocenters. The number of imide groups is 2.